The molecule has 0 aliphatic rings. The highest BCUT2D eigenvalue weighted by molar-refractivity contribution is 5.48. The van der Waals surface area contributed by atoms with Gasteiger partial charge in [0.05, 0.1) is 17.3 Å². The highest BCUT2D eigenvalue weighted by Crippen LogP contribution is 2.27. The fraction of sp³-hybridized carbons (Fsp3) is 0.133. The molecule has 0 saturated carbocycles. The maximum atomic E-state index is 9.14. The lowest BCUT2D eigenvalue weighted by atomic mass is 10.2. The van der Waals surface area contributed by atoms with E-state index in [1.165, 1.54) is 0 Å². The van der Waals surface area contributed by atoms with E-state index in [9.17, 15) is 0 Å². The first kappa shape index (κ1) is 12.6. The zero-order valence-electron chi connectivity index (χ0n) is 10.6. The molecular formula is C15H11N3O. The fourth-order valence-electron chi connectivity index (χ4n) is 1.73. The van der Waals surface area contributed by atoms with Gasteiger partial charge in [-0.25, -0.2) is 0 Å². The number of aryl methyl sites for hydroxylation is 2. The molecule has 0 radical (unpaired) electrons. The first-order chi connectivity index (χ1) is 9.13. The minimum absolute atomic E-state index is 0.426. The summed E-state index contributed by atoms with van der Waals surface area (Å²) < 4.78 is 5.69. The van der Waals surface area contributed by atoms with Crippen molar-refractivity contribution in [1.82, 2.24) is 4.98 Å². The summed E-state index contributed by atoms with van der Waals surface area (Å²) in [7, 11) is 0. The lowest BCUT2D eigenvalue weighted by molar-refractivity contribution is 0.479. The number of benzene rings is 1. The van der Waals surface area contributed by atoms with Gasteiger partial charge in [-0.15, -0.1) is 0 Å². The Balaban J connectivity index is 2.38. The van der Waals surface area contributed by atoms with Crippen LogP contribution < -0.4 is 4.74 Å². The number of hydrogen-bond acceptors (Lipinski definition) is 4. The van der Waals surface area contributed by atoms with Gasteiger partial charge in [0.1, 0.15) is 23.1 Å². The van der Waals surface area contributed by atoms with Gasteiger partial charge in [0.15, 0.2) is 0 Å². The summed E-state index contributed by atoms with van der Waals surface area (Å²) in [6.45, 7) is 3.62. The van der Waals surface area contributed by atoms with Gasteiger partial charge in [0.2, 0.25) is 0 Å². The van der Waals surface area contributed by atoms with Crippen LogP contribution >= 0.6 is 0 Å². The van der Waals surface area contributed by atoms with E-state index in [-0.39, 0.29) is 0 Å². The summed E-state index contributed by atoms with van der Waals surface area (Å²) >= 11 is 0. The van der Waals surface area contributed by atoms with E-state index in [2.05, 4.69) is 11.1 Å². The molecule has 0 aliphatic heterocycles. The SMILES string of the molecule is Cc1cc(Oc2ccc(C#N)cc2)c(C#N)c(C)n1. The fourth-order valence-corrected chi connectivity index (χ4v) is 1.73. The van der Waals surface area contributed by atoms with Crippen molar-refractivity contribution in [3.05, 3.63) is 52.8 Å². The van der Waals surface area contributed by atoms with Crippen LogP contribution in [0, 0.1) is 36.5 Å². The molecular weight excluding hydrogens is 238 g/mol. The maximum absolute atomic E-state index is 9.14. The predicted octanol–water partition coefficient (Wildman–Crippen LogP) is 3.23. The highest BCUT2D eigenvalue weighted by atomic mass is 16.5. The first-order valence-electron chi connectivity index (χ1n) is 5.70. The maximum Gasteiger partial charge on any atom is 0.148 e. The number of nitriles is 2. The predicted molar refractivity (Wildman–Crippen MR) is 69.7 cm³/mol. The summed E-state index contributed by atoms with van der Waals surface area (Å²) in [6.07, 6.45) is 0. The molecule has 0 unspecified atom stereocenters. The Labute approximate surface area is 111 Å². The van der Waals surface area contributed by atoms with Crippen molar-refractivity contribution in [2.24, 2.45) is 0 Å². The summed E-state index contributed by atoms with van der Waals surface area (Å²) in [4.78, 5) is 4.23. The Morgan fingerprint density at radius 1 is 1.05 bits per heavy atom. The van der Waals surface area contributed by atoms with Gasteiger partial charge < -0.3 is 4.74 Å². The first-order valence-corrected chi connectivity index (χ1v) is 5.70. The van der Waals surface area contributed by atoms with Crippen LogP contribution in [0.25, 0.3) is 0 Å². The Morgan fingerprint density at radius 3 is 2.32 bits per heavy atom. The van der Waals surface area contributed by atoms with Gasteiger partial charge in [0.25, 0.3) is 0 Å². The van der Waals surface area contributed by atoms with Crippen molar-refractivity contribution >= 4 is 0 Å². The quantitative estimate of drug-likeness (QED) is 0.819. The molecule has 19 heavy (non-hydrogen) atoms. The Bertz CT molecular complexity index is 691. The third-order valence-electron chi connectivity index (χ3n) is 2.62. The monoisotopic (exact) mass is 249 g/mol. The van der Waals surface area contributed by atoms with Gasteiger partial charge in [-0.2, -0.15) is 10.5 Å². The van der Waals surface area contributed by atoms with Crippen molar-refractivity contribution in [2.45, 2.75) is 13.8 Å². The van der Waals surface area contributed by atoms with E-state index < -0.39 is 0 Å². The van der Waals surface area contributed by atoms with Crippen LogP contribution in [-0.2, 0) is 0 Å². The second-order valence-electron chi connectivity index (χ2n) is 4.07. The smallest absolute Gasteiger partial charge is 0.148 e. The van der Waals surface area contributed by atoms with Gasteiger partial charge in [-0.1, -0.05) is 0 Å². The molecule has 1 heterocycles. The molecule has 0 bridgehead atoms. The van der Waals surface area contributed by atoms with Crippen LogP contribution in [0.3, 0.4) is 0 Å². The normalized spacial score (nSPS) is 9.47. The van der Waals surface area contributed by atoms with E-state index >= 15 is 0 Å². The molecule has 0 saturated heterocycles. The number of rotatable bonds is 2. The van der Waals surface area contributed by atoms with Crippen molar-refractivity contribution in [3.63, 3.8) is 0 Å². The molecule has 0 fully saturated rings. The van der Waals surface area contributed by atoms with Crippen LogP contribution in [0.5, 0.6) is 11.5 Å². The number of nitrogens with zero attached hydrogens (tertiary/aromatic N) is 3. The van der Waals surface area contributed by atoms with Gasteiger partial charge in [-0.05, 0) is 38.1 Å². The summed E-state index contributed by atoms with van der Waals surface area (Å²) in [5.74, 6) is 1.07. The topological polar surface area (TPSA) is 69.7 Å². The lowest BCUT2D eigenvalue weighted by Crippen LogP contribution is -1.96. The standard InChI is InChI=1S/C15H11N3O/c1-10-7-15(14(9-17)11(2)18-10)19-13-5-3-12(8-16)4-6-13/h3-7H,1-2H3. The van der Waals surface area contributed by atoms with Crippen LogP contribution in [0.15, 0.2) is 30.3 Å². The van der Waals surface area contributed by atoms with Crippen molar-refractivity contribution in [2.75, 3.05) is 0 Å². The van der Waals surface area contributed by atoms with E-state index in [0.29, 0.717) is 28.3 Å². The molecule has 92 valence electrons. The number of pyridine rings is 1. The Kier molecular flexibility index (Phi) is 3.45. The van der Waals surface area contributed by atoms with Crippen molar-refractivity contribution in [1.29, 1.82) is 10.5 Å². The Hall–Kier alpha value is -2.85. The lowest BCUT2D eigenvalue weighted by Gasteiger charge is -2.09. The number of hydrogen-bond donors (Lipinski definition) is 0. The van der Waals surface area contributed by atoms with Crippen LogP contribution in [0.2, 0.25) is 0 Å². The molecule has 0 N–H and O–H groups in total. The second kappa shape index (κ2) is 5.20. The molecule has 0 amide bonds. The van der Waals surface area contributed by atoms with Crippen LogP contribution in [0.4, 0.5) is 0 Å². The van der Waals surface area contributed by atoms with Gasteiger partial charge in [-0.3, -0.25) is 4.98 Å². The van der Waals surface area contributed by atoms with Crippen molar-refractivity contribution < 1.29 is 4.74 Å². The molecule has 2 rings (SSSR count). The highest BCUT2D eigenvalue weighted by Gasteiger charge is 2.10. The minimum atomic E-state index is 0.426. The molecule has 4 nitrogen and oxygen atoms in total. The molecule has 1 aromatic heterocycles. The molecule has 4 heteroatoms. The average Bonchev–Trinajstić information content (AvgIpc) is 2.39. The van der Waals surface area contributed by atoms with E-state index in [4.69, 9.17) is 15.3 Å². The summed E-state index contributed by atoms with van der Waals surface area (Å²) in [6, 6.07) is 12.6. The summed E-state index contributed by atoms with van der Waals surface area (Å²) in [5, 5.41) is 17.9. The molecule has 0 spiro atoms. The average molecular weight is 249 g/mol. The van der Waals surface area contributed by atoms with E-state index in [1.807, 2.05) is 13.0 Å². The molecule has 2 aromatic rings. The Morgan fingerprint density at radius 2 is 1.74 bits per heavy atom. The van der Waals surface area contributed by atoms with Crippen LogP contribution in [-0.4, -0.2) is 4.98 Å². The molecule has 0 atom stereocenters. The third kappa shape index (κ3) is 2.70. The second-order valence-corrected chi connectivity index (χ2v) is 4.07. The van der Waals surface area contributed by atoms with Crippen molar-refractivity contribution in [3.8, 4) is 23.6 Å². The minimum Gasteiger partial charge on any atom is -0.456 e. The third-order valence-corrected chi connectivity index (χ3v) is 2.62. The zero-order valence-corrected chi connectivity index (χ0v) is 10.6. The van der Waals surface area contributed by atoms with Gasteiger partial charge in [0, 0.05) is 11.8 Å². The molecule has 1 aromatic carbocycles. The number of aromatic nitrogens is 1. The van der Waals surface area contributed by atoms with E-state index in [1.54, 1.807) is 37.3 Å². The molecule has 0 aliphatic carbocycles. The largest absolute Gasteiger partial charge is 0.456 e. The zero-order chi connectivity index (χ0) is 13.8. The number of ether oxygens (including phenoxy) is 1. The van der Waals surface area contributed by atoms with Crippen LogP contribution in [0.1, 0.15) is 22.5 Å². The van der Waals surface area contributed by atoms with E-state index in [0.717, 1.165) is 5.69 Å². The van der Waals surface area contributed by atoms with Gasteiger partial charge >= 0.3 is 0 Å². The summed E-state index contributed by atoms with van der Waals surface area (Å²) in [5.41, 5.74) is 2.43.